The standard InChI is InChI=1S/C29H44BN3Si3/c1-23-11-17-26(18-12-23)31-34(5,6)29-35(7,8)32(27-19-13-24(2)14-20-27)30(4)33(36(29,9)10)28-21-15-25(3)16-22-28/h11-22,29,31H,1-10H3. The number of benzene rings is 3. The van der Waals surface area contributed by atoms with E-state index in [4.69, 9.17) is 0 Å². The smallest absolute Gasteiger partial charge is 0.355 e. The molecule has 3 aromatic carbocycles. The van der Waals surface area contributed by atoms with Crippen molar-refractivity contribution in [1.82, 2.24) is 0 Å². The highest BCUT2D eigenvalue weighted by Gasteiger charge is 2.64. The Hall–Kier alpha value is -2.22. The molecule has 4 rings (SSSR count). The largest absolute Gasteiger partial charge is 0.424 e. The minimum atomic E-state index is -1.94. The maximum Gasteiger partial charge on any atom is 0.355 e. The van der Waals surface area contributed by atoms with Gasteiger partial charge >= 0.3 is 6.98 Å². The third-order valence-electron chi connectivity index (χ3n) is 8.27. The van der Waals surface area contributed by atoms with Crippen LogP contribution in [0.15, 0.2) is 72.8 Å². The first kappa shape index (κ1) is 26.8. The predicted molar refractivity (Wildman–Crippen MR) is 170 cm³/mol. The average molecular weight is 530 g/mol. The molecule has 1 N–H and O–H groups in total. The van der Waals surface area contributed by atoms with Gasteiger partial charge in [-0.3, -0.25) is 0 Å². The number of nitrogens with one attached hydrogen (secondary N) is 1. The van der Waals surface area contributed by atoms with E-state index in [1.54, 1.807) is 0 Å². The van der Waals surface area contributed by atoms with E-state index in [0.29, 0.717) is 11.8 Å². The maximum absolute atomic E-state index is 4.16. The number of aryl methyl sites for hydroxylation is 3. The zero-order valence-electron chi connectivity index (χ0n) is 24.0. The third-order valence-corrected chi connectivity index (χ3v) is 30.0. The molecule has 1 aliphatic heterocycles. The Morgan fingerprint density at radius 2 is 0.972 bits per heavy atom. The van der Waals surface area contributed by atoms with Gasteiger partial charge in [0.1, 0.15) is 24.7 Å². The lowest BCUT2D eigenvalue weighted by molar-refractivity contribution is 1.17. The summed E-state index contributed by atoms with van der Waals surface area (Å²) in [7, 11) is -5.82. The average Bonchev–Trinajstić information content (AvgIpc) is 2.76. The van der Waals surface area contributed by atoms with E-state index in [2.05, 4.69) is 154 Å². The number of rotatable bonds is 5. The van der Waals surface area contributed by atoms with Gasteiger partial charge in [0, 0.05) is 17.1 Å². The van der Waals surface area contributed by atoms with Crippen LogP contribution in [0.3, 0.4) is 0 Å². The van der Waals surface area contributed by atoms with Crippen LogP contribution >= 0.6 is 0 Å². The predicted octanol–water partition coefficient (Wildman–Crippen LogP) is 8.23. The van der Waals surface area contributed by atoms with E-state index in [1.807, 2.05) is 0 Å². The van der Waals surface area contributed by atoms with E-state index < -0.39 is 24.7 Å². The van der Waals surface area contributed by atoms with Crippen molar-refractivity contribution in [3.8, 4) is 0 Å². The second kappa shape index (κ2) is 9.58. The Balaban J connectivity index is 1.88. The van der Waals surface area contributed by atoms with Gasteiger partial charge in [-0.1, -0.05) is 92.4 Å². The van der Waals surface area contributed by atoms with Crippen LogP contribution in [-0.2, 0) is 0 Å². The Labute approximate surface area is 223 Å². The van der Waals surface area contributed by atoms with Gasteiger partial charge in [0.05, 0.1) is 0 Å². The molecule has 0 unspecified atom stereocenters. The second-order valence-corrected chi connectivity index (χ2v) is 27.2. The number of hydrogen-bond donors (Lipinski definition) is 1. The van der Waals surface area contributed by atoms with Crippen molar-refractivity contribution in [1.29, 1.82) is 0 Å². The van der Waals surface area contributed by atoms with Crippen molar-refractivity contribution < 1.29 is 0 Å². The summed E-state index contributed by atoms with van der Waals surface area (Å²) in [5, 5.41) is 0. The molecular weight excluding hydrogens is 485 g/mol. The molecule has 1 fully saturated rings. The van der Waals surface area contributed by atoms with Crippen LogP contribution in [-0.4, -0.2) is 31.7 Å². The molecule has 3 aromatic rings. The number of hydrogen-bond acceptors (Lipinski definition) is 3. The Kier molecular flexibility index (Phi) is 7.14. The fourth-order valence-corrected chi connectivity index (χ4v) is 36.2. The number of anilines is 3. The van der Waals surface area contributed by atoms with Crippen LogP contribution < -0.4 is 13.9 Å². The summed E-state index contributed by atoms with van der Waals surface area (Å²) >= 11 is 0. The summed E-state index contributed by atoms with van der Waals surface area (Å²) in [5.41, 5.74) is 7.97. The Morgan fingerprint density at radius 1 is 0.639 bits per heavy atom. The van der Waals surface area contributed by atoms with Gasteiger partial charge in [-0.05, 0) is 68.8 Å². The van der Waals surface area contributed by atoms with Crippen molar-refractivity contribution in [3.05, 3.63) is 89.5 Å². The molecule has 0 aromatic heterocycles. The molecular formula is C29H44BN3Si3. The van der Waals surface area contributed by atoms with Gasteiger partial charge in [-0.25, -0.2) is 0 Å². The lowest BCUT2D eigenvalue weighted by Crippen LogP contribution is -2.83. The minimum Gasteiger partial charge on any atom is -0.424 e. The fraction of sp³-hybridized carbons (Fsp3) is 0.379. The summed E-state index contributed by atoms with van der Waals surface area (Å²) in [6.07, 6.45) is 0. The van der Waals surface area contributed by atoms with Crippen molar-refractivity contribution in [2.75, 3.05) is 13.9 Å². The highest BCUT2D eigenvalue weighted by molar-refractivity contribution is 7.23. The molecule has 0 atom stereocenters. The van der Waals surface area contributed by atoms with Crippen molar-refractivity contribution in [3.63, 3.8) is 0 Å². The van der Waals surface area contributed by atoms with Crippen LogP contribution in [0.25, 0.3) is 0 Å². The highest BCUT2D eigenvalue weighted by atomic mass is 28.5. The summed E-state index contributed by atoms with van der Waals surface area (Å²) in [5.74, 6) is 0. The first-order chi connectivity index (χ1) is 16.7. The normalized spacial score (nSPS) is 17.9. The van der Waals surface area contributed by atoms with Gasteiger partial charge < -0.3 is 13.9 Å². The van der Waals surface area contributed by atoms with Gasteiger partial charge in [0.2, 0.25) is 0 Å². The zero-order valence-corrected chi connectivity index (χ0v) is 27.0. The lowest BCUT2D eigenvalue weighted by Gasteiger charge is -2.65. The topological polar surface area (TPSA) is 18.5 Å². The first-order valence-electron chi connectivity index (χ1n) is 13.3. The zero-order chi connectivity index (χ0) is 26.5. The van der Waals surface area contributed by atoms with E-state index in [-0.39, 0.29) is 0 Å². The fourth-order valence-electron chi connectivity index (χ4n) is 7.58. The molecule has 1 aliphatic rings. The van der Waals surface area contributed by atoms with Crippen LogP contribution in [0.5, 0.6) is 0 Å². The van der Waals surface area contributed by atoms with Crippen LogP contribution in [0.4, 0.5) is 17.1 Å². The van der Waals surface area contributed by atoms with Crippen LogP contribution in [0.1, 0.15) is 16.7 Å². The van der Waals surface area contributed by atoms with Gasteiger partial charge in [-0.15, -0.1) is 0 Å². The van der Waals surface area contributed by atoms with Crippen LogP contribution in [0.2, 0.25) is 50.9 Å². The molecule has 36 heavy (non-hydrogen) atoms. The van der Waals surface area contributed by atoms with E-state index >= 15 is 0 Å². The van der Waals surface area contributed by atoms with Gasteiger partial charge in [0.25, 0.3) is 0 Å². The second-order valence-electron chi connectivity index (χ2n) is 12.5. The molecule has 0 amide bonds. The van der Waals surface area contributed by atoms with Gasteiger partial charge in [-0.2, -0.15) is 0 Å². The Morgan fingerprint density at radius 3 is 1.33 bits per heavy atom. The van der Waals surface area contributed by atoms with Crippen molar-refractivity contribution >= 4 is 48.8 Å². The summed E-state index contributed by atoms with van der Waals surface area (Å²) in [6, 6.07) is 27.5. The molecule has 3 nitrogen and oxygen atoms in total. The highest BCUT2D eigenvalue weighted by Crippen LogP contribution is 2.50. The summed E-state index contributed by atoms with van der Waals surface area (Å²) in [6.45, 7) is 25.0. The molecule has 0 aliphatic carbocycles. The van der Waals surface area contributed by atoms with E-state index in [1.165, 1.54) is 33.8 Å². The number of nitrogens with zero attached hydrogens (tertiary/aromatic N) is 2. The summed E-state index contributed by atoms with van der Waals surface area (Å²) in [4.78, 5) is 4.84. The van der Waals surface area contributed by atoms with E-state index in [9.17, 15) is 0 Å². The summed E-state index contributed by atoms with van der Waals surface area (Å²) < 4.78 is 5.70. The third kappa shape index (κ3) is 4.85. The quantitative estimate of drug-likeness (QED) is 0.336. The van der Waals surface area contributed by atoms with Crippen LogP contribution in [0, 0.1) is 20.8 Å². The molecule has 190 valence electrons. The molecule has 7 heteroatoms. The molecule has 0 bridgehead atoms. The minimum absolute atomic E-state index is 0.319. The molecule has 0 saturated carbocycles. The monoisotopic (exact) mass is 529 g/mol. The molecule has 1 saturated heterocycles. The van der Waals surface area contributed by atoms with Crippen molar-refractivity contribution in [2.24, 2.45) is 0 Å². The molecule has 1 heterocycles. The SMILES string of the molecule is CB1N(c2ccc(C)cc2)[Si](C)(C)C([Si](C)(C)Nc2ccc(C)cc2)[Si](C)(C)N1c1ccc(C)cc1. The lowest BCUT2D eigenvalue weighted by atomic mass is 9.79. The van der Waals surface area contributed by atoms with Crippen molar-refractivity contribution in [2.45, 2.75) is 71.7 Å². The van der Waals surface area contributed by atoms with E-state index in [0.717, 1.165) is 0 Å². The maximum atomic E-state index is 4.16. The first-order valence-corrected chi connectivity index (χ1v) is 22.4. The molecule has 0 radical (unpaired) electrons. The Bertz CT molecular complexity index is 1130. The van der Waals surface area contributed by atoms with Gasteiger partial charge in [0.15, 0.2) is 0 Å². The molecule has 0 spiro atoms.